The highest BCUT2D eigenvalue weighted by Gasteiger charge is 2.35. The van der Waals surface area contributed by atoms with Crippen LogP contribution < -0.4 is 10.6 Å². The molecule has 0 bridgehead atoms. The minimum Gasteiger partial charge on any atom is -0.313 e. The van der Waals surface area contributed by atoms with Crippen LogP contribution in [0.1, 0.15) is 77.8 Å². The number of rotatable bonds is 13. The molecule has 0 heterocycles. The summed E-state index contributed by atoms with van der Waals surface area (Å²) >= 11 is 0. The summed E-state index contributed by atoms with van der Waals surface area (Å²) in [5.41, 5.74) is 2.90. The average molecular weight is 345 g/mol. The van der Waals surface area contributed by atoms with E-state index in [1.165, 1.54) is 36.8 Å². The maximum absolute atomic E-state index is 3.80. The second-order valence-electron chi connectivity index (χ2n) is 8.37. The van der Waals surface area contributed by atoms with Crippen LogP contribution in [0.15, 0.2) is 30.8 Å². The lowest BCUT2D eigenvalue weighted by Gasteiger charge is -2.43. The maximum Gasteiger partial charge on any atom is 0.0205 e. The molecule has 0 radical (unpaired) electrons. The van der Waals surface area contributed by atoms with Crippen molar-refractivity contribution in [3.8, 4) is 0 Å². The van der Waals surface area contributed by atoms with E-state index in [0.717, 1.165) is 26.1 Å². The normalized spacial score (nSPS) is 12.4. The quantitative estimate of drug-likeness (QED) is 0.443. The third kappa shape index (κ3) is 7.75. The van der Waals surface area contributed by atoms with Crippen LogP contribution in [0.3, 0.4) is 0 Å². The monoisotopic (exact) mass is 344 g/mol. The van der Waals surface area contributed by atoms with Gasteiger partial charge in [0, 0.05) is 12.1 Å². The molecule has 2 heteroatoms. The molecule has 0 aliphatic rings. The van der Waals surface area contributed by atoms with Crippen molar-refractivity contribution in [3.05, 3.63) is 42.0 Å². The van der Waals surface area contributed by atoms with E-state index in [2.05, 4.69) is 76.1 Å². The molecule has 1 aromatic rings. The molecule has 25 heavy (non-hydrogen) atoms. The van der Waals surface area contributed by atoms with Gasteiger partial charge < -0.3 is 10.6 Å². The Labute approximate surface area is 156 Å². The third-order valence-corrected chi connectivity index (χ3v) is 5.76. The highest BCUT2D eigenvalue weighted by Crippen LogP contribution is 2.33. The van der Waals surface area contributed by atoms with Crippen LogP contribution in [0.25, 0.3) is 6.08 Å². The van der Waals surface area contributed by atoms with Gasteiger partial charge in [-0.1, -0.05) is 77.0 Å². The Morgan fingerprint density at radius 2 is 1.64 bits per heavy atom. The van der Waals surface area contributed by atoms with Gasteiger partial charge in [-0.25, -0.2) is 0 Å². The zero-order valence-electron chi connectivity index (χ0n) is 17.3. The molecule has 1 aromatic carbocycles. The lowest BCUT2D eigenvalue weighted by atomic mass is 9.72. The van der Waals surface area contributed by atoms with Crippen LogP contribution in [0.4, 0.5) is 0 Å². The Hall–Kier alpha value is -1.12. The van der Waals surface area contributed by atoms with Gasteiger partial charge in [-0.15, -0.1) is 0 Å². The molecule has 2 nitrogen and oxygen atoms in total. The van der Waals surface area contributed by atoms with Crippen molar-refractivity contribution in [2.45, 2.75) is 78.8 Å². The Kier molecular flexibility index (Phi) is 9.45. The summed E-state index contributed by atoms with van der Waals surface area (Å²) in [7, 11) is 0. The molecule has 0 atom stereocenters. The van der Waals surface area contributed by atoms with E-state index < -0.39 is 0 Å². The molecular weight excluding hydrogens is 304 g/mol. The minimum absolute atomic E-state index is 0.145. The van der Waals surface area contributed by atoms with Crippen LogP contribution in [-0.4, -0.2) is 18.6 Å². The molecule has 0 aliphatic carbocycles. The van der Waals surface area contributed by atoms with Gasteiger partial charge in [-0.3, -0.25) is 0 Å². The molecule has 0 spiro atoms. The van der Waals surface area contributed by atoms with Crippen LogP contribution in [0, 0.1) is 5.41 Å². The van der Waals surface area contributed by atoms with Crippen molar-refractivity contribution < 1.29 is 0 Å². The first-order valence-corrected chi connectivity index (χ1v) is 9.99. The number of unbranched alkanes of at least 4 members (excludes halogenated alkanes) is 3. The van der Waals surface area contributed by atoms with E-state index >= 15 is 0 Å². The summed E-state index contributed by atoms with van der Waals surface area (Å²) in [4.78, 5) is 0. The van der Waals surface area contributed by atoms with Gasteiger partial charge in [0.25, 0.3) is 0 Å². The summed E-state index contributed by atoms with van der Waals surface area (Å²) in [6, 6.07) is 8.60. The van der Waals surface area contributed by atoms with E-state index in [-0.39, 0.29) is 11.0 Å². The SMILES string of the molecule is C=Cc1ccc(CNCCC(C)(C)C(C)(C)NCCCCCC)cc1. The van der Waals surface area contributed by atoms with Crippen LogP contribution in [0.2, 0.25) is 0 Å². The molecule has 0 aliphatic heterocycles. The Morgan fingerprint density at radius 1 is 0.960 bits per heavy atom. The molecular formula is C23H40N2. The summed E-state index contributed by atoms with van der Waals surface area (Å²) < 4.78 is 0. The van der Waals surface area contributed by atoms with E-state index in [0.29, 0.717) is 0 Å². The van der Waals surface area contributed by atoms with Crippen molar-refractivity contribution in [3.63, 3.8) is 0 Å². The molecule has 2 N–H and O–H groups in total. The molecule has 0 saturated heterocycles. The highest BCUT2D eigenvalue weighted by molar-refractivity contribution is 5.47. The lowest BCUT2D eigenvalue weighted by molar-refractivity contribution is 0.140. The fraction of sp³-hybridized carbons (Fsp3) is 0.652. The third-order valence-electron chi connectivity index (χ3n) is 5.76. The van der Waals surface area contributed by atoms with Crippen molar-refractivity contribution in [1.82, 2.24) is 10.6 Å². The Bertz CT molecular complexity index is 485. The lowest BCUT2D eigenvalue weighted by Crippen LogP contribution is -2.52. The van der Waals surface area contributed by atoms with E-state index in [1.807, 2.05) is 6.08 Å². The number of benzene rings is 1. The fourth-order valence-corrected chi connectivity index (χ4v) is 2.91. The summed E-state index contributed by atoms with van der Waals surface area (Å²) in [6.45, 7) is 18.6. The van der Waals surface area contributed by atoms with Crippen LogP contribution >= 0.6 is 0 Å². The van der Waals surface area contributed by atoms with E-state index in [1.54, 1.807) is 0 Å². The summed E-state index contributed by atoms with van der Waals surface area (Å²) in [5.74, 6) is 0. The van der Waals surface area contributed by atoms with Crippen molar-refractivity contribution in [2.24, 2.45) is 5.41 Å². The van der Waals surface area contributed by atoms with Gasteiger partial charge in [0.1, 0.15) is 0 Å². The Balaban J connectivity index is 2.33. The van der Waals surface area contributed by atoms with Gasteiger partial charge in [0.2, 0.25) is 0 Å². The minimum atomic E-state index is 0.145. The first-order chi connectivity index (χ1) is 11.8. The number of hydrogen-bond acceptors (Lipinski definition) is 2. The molecule has 0 fully saturated rings. The highest BCUT2D eigenvalue weighted by atomic mass is 15.0. The maximum atomic E-state index is 3.80. The second-order valence-corrected chi connectivity index (χ2v) is 8.37. The number of nitrogens with one attached hydrogen (secondary N) is 2. The molecule has 142 valence electrons. The van der Waals surface area contributed by atoms with Gasteiger partial charge in [0.15, 0.2) is 0 Å². The van der Waals surface area contributed by atoms with Crippen molar-refractivity contribution >= 4 is 6.08 Å². The molecule has 1 rings (SSSR count). The number of hydrogen-bond donors (Lipinski definition) is 2. The summed E-state index contributed by atoms with van der Waals surface area (Å²) in [5, 5.41) is 7.39. The topological polar surface area (TPSA) is 24.1 Å². The predicted molar refractivity (Wildman–Crippen MR) is 113 cm³/mol. The average Bonchev–Trinajstić information content (AvgIpc) is 2.59. The molecule has 0 amide bonds. The van der Waals surface area contributed by atoms with Gasteiger partial charge in [-0.2, -0.15) is 0 Å². The zero-order valence-corrected chi connectivity index (χ0v) is 17.3. The standard InChI is InChI=1S/C23H40N2/c1-7-9-10-11-17-25-23(5,6)22(3,4)16-18-24-19-21-14-12-20(8-2)13-15-21/h8,12-15,24-25H,2,7,9-11,16-19H2,1,3-6H3. The molecule has 0 saturated carbocycles. The van der Waals surface area contributed by atoms with E-state index in [9.17, 15) is 0 Å². The van der Waals surface area contributed by atoms with Gasteiger partial charge in [-0.05, 0) is 56.3 Å². The first kappa shape index (κ1) is 21.9. The molecule has 0 unspecified atom stereocenters. The zero-order chi connectivity index (χ0) is 18.8. The first-order valence-electron chi connectivity index (χ1n) is 9.99. The predicted octanol–water partition coefficient (Wildman–Crippen LogP) is 5.78. The molecule has 0 aromatic heterocycles. The second kappa shape index (κ2) is 10.8. The largest absolute Gasteiger partial charge is 0.313 e. The van der Waals surface area contributed by atoms with Crippen molar-refractivity contribution in [2.75, 3.05) is 13.1 Å². The Morgan fingerprint density at radius 3 is 2.24 bits per heavy atom. The fourth-order valence-electron chi connectivity index (χ4n) is 2.91. The van der Waals surface area contributed by atoms with Crippen molar-refractivity contribution in [1.29, 1.82) is 0 Å². The van der Waals surface area contributed by atoms with Gasteiger partial charge >= 0.3 is 0 Å². The van der Waals surface area contributed by atoms with E-state index in [4.69, 9.17) is 0 Å². The summed E-state index contributed by atoms with van der Waals surface area (Å²) in [6.07, 6.45) is 8.32. The van der Waals surface area contributed by atoms with Gasteiger partial charge in [0.05, 0.1) is 0 Å². The van der Waals surface area contributed by atoms with Crippen LogP contribution in [0.5, 0.6) is 0 Å². The van der Waals surface area contributed by atoms with Crippen LogP contribution in [-0.2, 0) is 6.54 Å². The smallest absolute Gasteiger partial charge is 0.0205 e.